The van der Waals surface area contributed by atoms with Crippen molar-refractivity contribution in [3.05, 3.63) is 77.0 Å². The van der Waals surface area contributed by atoms with Crippen molar-refractivity contribution in [3.63, 3.8) is 0 Å². The Bertz CT molecular complexity index is 916. The van der Waals surface area contributed by atoms with Crippen LogP contribution in [0.3, 0.4) is 0 Å². The first-order valence-electron chi connectivity index (χ1n) is 6.80. The molecule has 4 rings (SSSR count). The van der Waals surface area contributed by atoms with Crippen LogP contribution in [0, 0.1) is 17.5 Å². The molecule has 0 fully saturated rings. The summed E-state index contributed by atoms with van der Waals surface area (Å²) in [6, 6.07) is 3.79. The van der Waals surface area contributed by atoms with Gasteiger partial charge in [0.2, 0.25) is 0 Å². The lowest BCUT2D eigenvalue weighted by molar-refractivity contribution is -0.356. The molecule has 0 bridgehead atoms. The lowest BCUT2D eigenvalue weighted by atomic mass is 9.86. The normalized spacial score (nSPS) is 18.0. The van der Waals surface area contributed by atoms with E-state index in [0.717, 1.165) is 12.4 Å². The summed E-state index contributed by atoms with van der Waals surface area (Å²) in [6.07, 6.45) is 5.02. The molecule has 1 aromatic carbocycles. The van der Waals surface area contributed by atoms with Crippen molar-refractivity contribution in [2.75, 3.05) is 0 Å². The second kappa shape index (κ2) is 4.44. The molecule has 2 nitrogen and oxygen atoms in total. The minimum atomic E-state index is -4.15. The third-order valence-electron chi connectivity index (χ3n) is 4.00. The summed E-state index contributed by atoms with van der Waals surface area (Å²) in [6.45, 7) is -4.15. The van der Waals surface area contributed by atoms with E-state index in [9.17, 15) is 21.8 Å². The highest BCUT2D eigenvalue weighted by molar-refractivity contribution is 6.57. The molecule has 0 saturated heterocycles. The first-order chi connectivity index (χ1) is 10.9. The summed E-state index contributed by atoms with van der Waals surface area (Å²) in [5.74, 6) is -3.35. The zero-order valence-corrected chi connectivity index (χ0v) is 11.5. The van der Waals surface area contributed by atoms with Gasteiger partial charge >= 0.3 is 6.97 Å². The van der Waals surface area contributed by atoms with Crippen molar-refractivity contribution < 1.29 is 26.3 Å². The van der Waals surface area contributed by atoms with E-state index in [1.807, 2.05) is 0 Å². The van der Waals surface area contributed by atoms with Gasteiger partial charge < -0.3 is 17.6 Å². The van der Waals surface area contributed by atoms with Crippen molar-refractivity contribution in [2.24, 2.45) is 0 Å². The zero-order valence-electron chi connectivity index (χ0n) is 11.5. The summed E-state index contributed by atoms with van der Waals surface area (Å²) in [5, 5.41) is 0. The van der Waals surface area contributed by atoms with Gasteiger partial charge in [-0.15, -0.1) is 0 Å². The molecular weight excluding hydrogens is 314 g/mol. The van der Waals surface area contributed by atoms with Gasteiger partial charge in [0, 0.05) is 30.0 Å². The Morgan fingerprint density at radius 1 is 1.04 bits per heavy atom. The largest absolute Gasteiger partial charge is 0.737 e. The molecule has 0 radical (unpaired) electrons. The second-order valence-corrected chi connectivity index (χ2v) is 5.31. The van der Waals surface area contributed by atoms with Gasteiger partial charge in [0.1, 0.15) is 23.7 Å². The number of hydrogen-bond donors (Lipinski definition) is 0. The van der Waals surface area contributed by atoms with Gasteiger partial charge in [0.25, 0.3) is 0 Å². The van der Waals surface area contributed by atoms with Crippen molar-refractivity contribution in [1.29, 1.82) is 0 Å². The Balaban J connectivity index is 2.10. The monoisotopic (exact) mass is 322 g/mol. The maximum absolute atomic E-state index is 14.5. The Morgan fingerprint density at radius 2 is 1.74 bits per heavy atom. The van der Waals surface area contributed by atoms with E-state index in [1.165, 1.54) is 24.3 Å². The van der Waals surface area contributed by atoms with Gasteiger partial charge in [-0.25, -0.2) is 13.2 Å². The van der Waals surface area contributed by atoms with Crippen LogP contribution in [0.5, 0.6) is 0 Å². The number of nitrogens with zero attached hydrogens (tertiary/aromatic N) is 2. The number of rotatable bonds is 1. The molecule has 0 unspecified atom stereocenters. The second-order valence-electron chi connectivity index (χ2n) is 5.31. The molecule has 1 aromatic heterocycles. The van der Waals surface area contributed by atoms with Crippen molar-refractivity contribution in [2.45, 2.75) is 0 Å². The van der Waals surface area contributed by atoms with Gasteiger partial charge in [0.05, 0.1) is 11.1 Å². The van der Waals surface area contributed by atoms with Crippen LogP contribution in [0.25, 0.3) is 5.57 Å². The quantitative estimate of drug-likeness (QED) is 0.560. The summed E-state index contributed by atoms with van der Waals surface area (Å²) in [7, 11) is 0. The maximum Gasteiger partial charge on any atom is 0.737 e. The molecule has 0 N–H and O–H groups in total. The van der Waals surface area contributed by atoms with E-state index >= 15 is 0 Å². The summed E-state index contributed by atoms with van der Waals surface area (Å²) in [4.78, 5) is 0. The molecule has 0 spiro atoms. The highest BCUT2D eigenvalue weighted by Gasteiger charge is 2.52. The van der Waals surface area contributed by atoms with Crippen LogP contribution in [-0.4, -0.2) is 22.1 Å². The Morgan fingerprint density at radius 3 is 2.43 bits per heavy atom. The molecule has 23 heavy (non-hydrogen) atoms. The smallest absolute Gasteiger partial charge is 0.396 e. The van der Waals surface area contributed by atoms with Crippen LogP contribution in [-0.2, 0) is 0 Å². The van der Waals surface area contributed by atoms with Gasteiger partial charge in [-0.05, 0) is 18.3 Å². The van der Waals surface area contributed by atoms with E-state index in [1.54, 1.807) is 0 Å². The topological polar surface area (TPSA) is 7.94 Å². The standard InChI is InChI=1S/C15H8BF5N2/c17-9-7-10(18)14(11(19)8-9)15-12-3-1-5-22(12)16(20,21)23-6-2-4-13(15)23/h1-8H. The summed E-state index contributed by atoms with van der Waals surface area (Å²) >= 11 is 0. The zero-order chi connectivity index (χ0) is 16.4. The van der Waals surface area contributed by atoms with E-state index < -0.39 is 30.0 Å². The molecule has 8 heteroatoms. The fourth-order valence-corrected chi connectivity index (χ4v) is 3.06. The number of halogens is 5. The number of allylic oxidation sites excluding steroid dienone is 2. The number of aromatic nitrogens is 1. The van der Waals surface area contributed by atoms with Crippen molar-refractivity contribution in [1.82, 2.24) is 4.48 Å². The van der Waals surface area contributed by atoms with E-state index in [-0.39, 0.29) is 17.0 Å². The lowest BCUT2D eigenvalue weighted by Gasteiger charge is -2.31. The molecule has 0 atom stereocenters. The molecule has 0 saturated carbocycles. The minimum Gasteiger partial charge on any atom is -0.396 e. The van der Waals surface area contributed by atoms with Crippen LogP contribution in [0.4, 0.5) is 21.8 Å². The van der Waals surface area contributed by atoms with E-state index in [4.69, 9.17) is 0 Å². The highest BCUT2D eigenvalue weighted by atomic mass is 19.2. The average Bonchev–Trinajstić information content (AvgIpc) is 3.11. The van der Waals surface area contributed by atoms with Crippen LogP contribution in [0.15, 0.2) is 48.3 Å². The molecule has 2 aromatic rings. The van der Waals surface area contributed by atoms with Crippen LogP contribution < -0.4 is 0 Å². The van der Waals surface area contributed by atoms with E-state index in [2.05, 4.69) is 0 Å². The Labute approximate surface area is 127 Å². The first-order valence-corrected chi connectivity index (χ1v) is 6.80. The molecule has 0 aliphatic carbocycles. The van der Waals surface area contributed by atoms with Crippen LogP contribution in [0.1, 0.15) is 11.3 Å². The number of fused-ring (bicyclic) bond motifs is 2. The third kappa shape index (κ3) is 1.77. The van der Waals surface area contributed by atoms with Crippen molar-refractivity contribution >= 4 is 18.8 Å². The lowest BCUT2D eigenvalue weighted by Crippen LogP contribution is -2.49. The fraction of sp³-hybridized carbons (Fsp3) is 0. The molecule has 3 heterocycles. The highest BCUT2D eigenvalue weighted by Crippen LogP contribution is 2.40. The summed E-state index contributed by atoms with van der Waals surface area (Å²) < 4.78 is 72.0. The van der Waals surface area contributed by atoms with Gasteiger partial charge in [-0.3, -0.25) is 0 Å². The predicted molar refractivity (Wildman–Crippen MR) is 75.6 cm³/mol. The Kier molecular flexibility index (Phi) is 2.70. The molecule has 2 aliphatic heterocycles. The number of benzene rings is 1. The number of hydrogen-bond acceptors (Lipinski definition) is 0. The molecule has 116 valence electrons. The SMILES string of the molecule is Fc1cc(F)c(C2=C3C=CC=[N+]3[B-](F)(F)n3cccc32)c(F)c1. The fourth-order valence-electron chi connectivity index (χ4n) is 3.06. The van der Waals surface area contributed by atoms with Crippen molar-refractivity contribution in [3.8, 4) is 0 Å². The van der Waals surface area contributed by atoms with Gasteiger partial charge in [-0.2, -0.15) is 0 Å². The average molecular weight is 322 g/mol. The maximum atomic E-state index is 14.5. The molecular formula is C15H8BF5N2. The van der Waals surface area contributed by atoms with Gasteiger partial charge in [0.15, 0.2) is 5.70 Å². The Hall–Kier alpha value is -2.64. The van der Waals surface area contributed by atoms with E-state index in [0.29, 0.717) is 21.1 Å². The summed E-state index contributed by atoms with van der Waals surface area (Å²) in [5.41, 5.74) is -0.614. The van der Waals surface area contributed by atoms with Crippen LogP contribution in [0.2, 0.25) is 0 Å². The minimum absolute atomic E-state index is 0.0226. The molecule has 2 aliphatic rings. The van der Waals surface area contributed by atoms with Crippen LogP contribution >= 0.6 is 0 Å². The first kappa shape index (κ1) is 14.0. The molecule has 0 amide bonds. The third-order valence-corrected chi connectivity index (χ3v) is 4.00. The predicted octanol–water partition coefficient (Wildman–Crippen LogP) is 3.55. The van der Waals surface area contributed by atoms with Gasteiger partial charge in [-0.1, -0.05) is 0 Å².